The zero-order valence-corrected chi connectivity index (χ0v) is 12.4. The summed E-state index contributed by atoms with van der Waals surface area (Å²) in [5.41, 5.74) is 3.16. The second kappa shape index (κ2) is 6.37. The minimum absolute atomic E-state index is 0.139. The Morgan fingerprint density at radius 1 is 1.33 bits per heavy atom. The molecule has 2 unspecified atom stereocenters. The van der Waals surface area contributed by atoms with E-state index in [1.54, 1.807) is 0 Å². The average molecular weight is 286 g/mol. The van der Waals surface area contributed by atoms with Gasteiger partial charge in [0.1, 0.15) is 0 Å². The summed E-state index contributed by atoms with van der Waals surface area (Å²) in [6, 6.07) is 8.13. The number of aryl methyl sites for hydroxylation is 1. The highest BCUT2D eigenvalue weighted by Gasteiger charge is 2.24. The summed E-state index contributed by atoms with van der Waals surface area (Å²) < 4.78 is 1.82. The Kier molecular flexibility index (Phi) is 4.31. The van der Waals surface area contributed by atoms with Crippen molar-refractivity contribution in [2.75, 3.05) is 6.54 Å². The maximum atomic E-state index is 9.80. The third-order valence-corrected chi connectivity index (χ3v) is 4.23. The van der Waals surface area contributed by atoms with Crippen LogP contribution in [0.3, 0.4) is 0 Å². The fourth-order valence-electron chi connectivity index (χ4n) is 2.96. The van der Waals surface area contributed by atoms with Gasteiger partial charge < -0.3 is 10.4 Å². The van der Waals surface area contributed by atoms with Crippen LogP contribution in [0.15, 0.2) is 30.5 Å². The van der Waals surface area contributed by atoms with Crippen molar-refractivity contribution in [2.45, 2.75) is 38.8 Å². The third-order valence-electron chi connectivity index (χ3n) is 4.23. The first-order valence-corrected chi connectivity index (χ1v) is 7.60. The number of aliphatic hydroxyl groups excluding tert-OH is 1. The van der Waals surface area contributed by atoms with Gasteiger partial charge in [-0.15, -0.1) is 5.10 Å². The van der Waals surface area contributed by atoms with Gasteiger partial charge in [-0.1, -0.05) is 29.8 Å². The molecule has 5 heteroatoms. The number of aliphatic hydroxyl groups is 1. The summed E-state index contributed by atoms with van der Waals surface area (Å²) in [7, 11) is 0. The number of para-hydroxylation sites is 1. The Hall–Kier alpha value is -1.72. The van der Waals surface area contributed by atoms with E-state index in [2.05, 4.69) is 28.6 Å². The molecule has 0 spiro atoms. The molecule has 2 aromatic rings. The van der Waals surface area contributed by atoms with Gasteiger partial charge in [-0.2, -0.15) is 0 Å². The SMILES string of the molecule is Cc1ccccc1-n1cc(CNCC2CCCC2O)nn1. The van der Waals surface area contributed by atoms with E-state index in [0.717, 1.165) is 37.2 Å². The Balaban J connectivity index is 1.57. The van der Waals surface area contributed by atoms with Crippen molar-refractivity contribution in [2.24, 2.45) is 5.92 Å². The molecule has 3 rings (SSSR count). The molecule has 0 bridgehead atoms. The van der Waals surface area contributed by atoms with Crippen LogP contribution in [0.2, 0.25) is 0 Å². The van der Waals surface area contributed by atoms with Gasteiger partial charge in [0.2, 0.25) is 0 Å². The van der Waals surface area contributed by atoms with E-state index in [9.17, 15) is 5.11 Å². The zero-order chi connectivity index (χ0) is 14.7. The van der Waals surface area contributed by atoms with Crippen molar-refractivity contribution in [1.82, 2.24) is 20.3 Å². The van der Waals surface area contributed by atoms with Crippen LogP contribution < -0.4 is 5.32 Å². The quantitative estimate of drug-likeness (QED) is 0.880. The first-order valence-electron chi connectivity index (χ1n) is 7.60. The van der Waals surface area contributed by atoms with Crippen molar-refractivity contribution in [3.63, 3.8) is 0 Å². The molecule has 1 saturated carbocycles. The molecular formula is C16H22N4O. The van der Waals surface area contributed by atoms with Crippen LogP contribution in [-0.2, 0) is 6.54 Å². The van der Waals surface area contributed by atoms with Gasteiger partial charge in [-0.3, -0.25) is 0 Å². The predicted octanol–water partition coefficient (Wildman–Crippen LogP) is 1.83. The molecular weight excluding hydrogens is 264 g/mol. The summed E-state index contributed by atoms with van der Waals surface area (Å²) in [6.07, 6.45) is 5.01. The molecule has 5 nitrogen and oxygen atoms in total. The molecule has 1 aliphatic rings. The van der Waals surface area contributed by atoms with Crippen LogP contribution in [0.5, 0.6) is 0 Å². The maximum Gasteiger partial charge on any atom is 0.0969 e. The molecule has 112 valence electrons. The first kappa shape index (κ1) is 14.2. The van der Waals surface area contributed by atoms with E-state index >= 15 is 0 Å². The smallest absolute Gasteiger partial charge is 0.0969 e. The lowest BCUT2D eigenvalue weighted by atomic mass is 10.1. The number of nitrogens with one attached hydrogen (secondary N) is 1. The van der Waals surface area contributed by atoms with Crippen LogP contribution in [0.25, 0.3) is 5.69 Å². The lowest BCUT2D eigenvalue weighted by Crippen LogP contribution is -2.27. The fourth-order valence-corrected chi connectivity index (χ4v) is 2.96. The maximum absolute atomic E-state index is 9.80. The van der Waals surface area contributed by atoms with Gasteiger partial charge in [0.05, 0.1) is 23.7 Å². The average Bonchev–Trinajstić information content (AvgIpc) is 3.10. The van der Waals surface area contributed by atoms with E-state index < -0.39 is 0 Å². The molecule has 0 aliphatic heterocycles. The number of aromatic nitrogens is 3. The van der Waals surface area contributed by atoms with E-state index in [0.29, 0.717) is 12.5 Å². The van der Waals surface area contributed by atoms with E-state index in [1.807, 2.05) is 29.1 Å². The van der Waals surface area contributed by atoms with Gasteiger partial charge in [0, 0.05) is 13.1 Å². The lowest BCUT2D eigenvalue weighted by molar-refractivity contribution is 0.131. The van der Waals surface area contributed by atoms with E-state index in [1.165, 1.54) is 5.56 Å². The Bertz CT molecular complexity index is 595. The van der Waals surface area contributed by atoms with Crippen LogP contribution in [0.1, 0.15) is 30.5 Å². The largest absolute Gasteiger partial charge is 0.393 e. The van der Waals surface area contributed by atoms with Crippen molar-refractivity contribution in [3.05, 3.63) is 41.7 Å². The molecule has 2 N–H and O–H groups in total. The second-order valence-electron chi connectivity index (χ2n) is 5.83. The minimum Gasteiger partial charge on any atom is -0.393 e. The van der Waals surface area contributed by atoms with E-state index in [-0.39, 0.29) is 6.10 Å². The number of nitrogens with zero attached hydrogens (tertiary/aromatic N) is 3. The summed E-state index contributed by atoms with van der Waals surface area (Å²) in [5.74, 6) is 0.386. The highest BCUT2D eigenvalue weighted by Crippen LogP contribution is 2.24. The highest BCUT2D eigenvalue weighted by molar-refractivity contribution is 5.38. The summed E-state index contributed by atoms with van der Waals surface area (Å²) in [4.78, 5) is 0. The standard InChI is InChI=1S/C16H22N4O/c1-12-5-2-3-7-15(12)20-11-14(18-19-20)10-17-9-13-6-4-8-16(13)21/h2-3,5,7,11,13,16-17,21H,4,6,8-10H2,1H3. The van der Waals surface area contributed by atoms with Crippen molar-refractivity contribution >= 4 is 0 Å². The van der Waals surface area contributed by atoms with Crippen molar-refractivity contribution in [3.8, 4) is 5.69 Å². The molecule has 0 amide bonds. The predicted molar refractivity (Wildman–Crippen MR) is 81.2 cm³/mol. The van der Waals surface area contributed by atoms with Gasteiger partial charge >= 0.3 is 0 Å². The lowest BCUT2D eigenvalue weighted by Gasteiger charge is -2.14. The summed E-state index contributed by atoms with van der Waals surface area (Å²) in [6.45, 7) is 3.60. The van der Waals surface area contributed by atoms with Crippen molar-refractivity contribution < 1.29 is 5.11 Å². The van der Waals surface area contributed by atoms with Crippen LogP contribution in [0, 0.1) is 12.8 Å². The Labute approximate surface area is 125 Å². The van der Waals surface area contributed by atoms with Crippen LogP contribution >= 0.6 is 0 Å². The Morgan fingerprint density at radius 3 is 2.95 bits per heavy atom. The van der Waals surface area contributed by atoms with E-state index in [4.69, 9.17) is 0 Å². The summed E-state index contributed by atoms with van der Waals surface area (Å²) >= 11 is 0. The monoisotopic (exact) mass is 286 g/mol. The molecule has 1 aromatic heterocycles. The first-order chi connectivity index (χ1) is 10.2. The number of benzene rings is 1. The molecule has 1 heterocycles. The van der Waals surface area contributed by atoms with Gasteiger partial charge in [0.25, 0.3) is 0 Å². The van der Waals surface area contributed by atoms with Gasteiger partial charge in [-0.25, -0.2) is 4.68 Å². The number of hydrogen-bond acceptors (Lipinski definition) is 4. The number of hydrogen-bond donors (Lipinski definition) is 2. The number of rotatable bonds is 5. The summed E-state index contributed by atoms with van der Waals surface area (Å²) in [5, 5.41) is 21.6. The molecule has 0 radical (unpaired) electrons. The molecule has 2 atom stereocenters. The van der Waals surface area contributed by atoms with Gasteiger partial charge in [0.15, 0.2) is 0 Å². The minimum atomic E-state index is -0.139. The second-order valence-corrected chi connectivity index (χ2v) is 5.83. The molecule has 1 fully saturated rings. The van der Waals surface area contributed by atoms with Crippen LogP contribution in [-0.4, -0.2) is 32.7 Å². The van der Waals surface area contributed by atoms with Crippen molar-refractivity contribution in [1.29, 1.82) is 0 Å². The topological polar surface area (TPSA) is 63.0 Å². The highest BCUT2D eigenvalue weighted by atomic mass is 16.3. The molecule has 1 aromatic carbocycles. The molecule has 0 saturated heterocycles. The molecule has 21 heavy (non-hydrogen) atoms. The third kappa shape index (κ3) is 3.31. The zero-order valence-electron chi connectivity index (χ0n) is 12.4. The molecule has 1 aliphatic carbocycles. The fraction of sp³-hybridized carbons (Fsp3) is 0.500. The normalized spacial score (nSPS) is 21.8. The van der Waals surface area contributed by atoms with Gasteiger partial charge in [-0.05, 0) is 37.3 Å². The Morgan fingerprint density at radius 2 is 2.19 bits per heavy atom. The van der Waals surface area contributed by atoms with Crippen LogP contribution in [0.4, 0.5) is 0 Å².